The zero-order chi connectivity index (χ0) is 13.1. The van der Waals surface area contributed by atoms with E-state index in [0.29, 0.717) is 14.3 Å². The molecule has 0 unspecified atom stereocenters. The zero-order valence-corrected chi connectivity index (χ0v) is 11.5. The van der Waals surface area contributed by atoms with E-state index in [1.165, 1.54) is 30.0 Å². The summed E-state index contributed by atoms with van der Waals surface area (Å²) in [7, 11) is 0. The second kappa shape index (κ2) is 5.54. The summed E-state index contributed by atoms with van der Waals surface area (Å²) in [6.07, 6.45) is 0. The summed E-state index contributed by atoms with van der Waals surface area (Å²) in [6, 6.07) is 11.0. The summed E-state index contributed by atoms with van der Waals surface area (Å²) in [6.45, 7) is 0. The maximum absolute atomic E-state index is 13.1. The largest absolute Gasteiger partial charge is 0.478 e. The van der Waals surface area contributed by atoms with E-state index < -0.39 is 5.97 Å². The molecule has 2 aromatic rings. The first-order valence-electron chi connectivity index (χ1n) is 5.02. The monoisotopic (exact) mass is 326 g/mol. The van der Waals surface area contributed by atoms with E-state index in [1.807, 2.05) is 0 Å². The predicted molar refractivity (Wildman–Crippen MR) is 71.6 cm³/mol. The molecule has 0 amide bonds. The highest BCUT2D eigenvalue weighted by Crippen LogP contribution is 2.32. The Balaban J connectivity index is 2.37. The van der Waals surface area contributed by atoms with Crippen molar-refractivity contribution >= 4 is 33.7 Å². The molecule has 2 aromatic carbocycles. The molecule has 0 aliphatic rings. The second-order valence-electron chi connectivity index (χ2n) is 3.51. The van der Waals surface area contributed by atoms with Gasteiger partial charge in [-0.2, -0.15) is 0 Å². The molecule has 5 heteroatoms. The summed E-state index contributed by atoms with van der Waals surface area (Å²) in [4.78, 5) is 12.4. The molecule has 0 atom stereocenters. The van der Waals surface area contributed by atoms with Gasteiger partial charge in [0.05, 0.1) is 5.56 Å². The van der Waals surface area contributed by atoms with E-state index in [0.717, 1.165) is 0 Å². The number of aromatic carboxylic acids is 1. The van der Waals surface area contributed by atoms with Gasteiger partial charge in [-0.15, -0.1) is 0 Å². The highest BCUT2D eigenvalue weighted by molar-refractivity contribution is 9.10. The molecule has 92 valence electrons. The number of carboxylic acids is 1. The molecule has 18 heavy (non-hydrogen) atoms. The van der Waals surface area contributed by atoms with Crippen molar-refractivity contribution in [2.45, 2.75) is 9.79 Å². The van der Waals surface area contributed by atoms with Crippen LogP contribution in [0.25, 0.3) is 0 Å². The number of halogens is 2. The SMILES string of the molecule is O=C(O)c1cc(Br)ccc1Sc1cccc(F)c1. The maximum atomic E-state index is 13.1. The average molecular weight is 327 g/mol. The molecule has 0 aliphatic heterocycles. The van der Waals surface area contributed by atoms with Crippen LogP contribution in [0.5, 0.6) is 0 Å². The third-order valence-electron chi connectivity index (χ3n) is 2.20. The van der Waals surface area contributed by atoms with E-state index in [1.54, 1.807) is 24.3 Å². The number of hydrogen-bond acceptors (Lipinski definition) is 2. The molecule has 0 aromatic heterocycles. The van der Waals surface area contributed by atoms with Crippen molar-refractivity contribution in [2.24, 2.45) is 0 Å². The highest BCUT2D eigenvalue weighted by atomic mass is 79.9. The van der Waals surface area contributed by atoms with Crippen LogP contribution in [0.4, 0.5) is 4.39 Å². The minimum absolute atomic E-state index is 0.193. The van der Waals surface area contributed by atoms with Crippen molar-refractivity contribution in [3.63, 3.8) is 0 Å². The molecule has 0 spiro atoms. The van der Waals surface area contributed by atoms with Gasteiger partial charge in [0.25, 0.3) is 0 Å². The van der Waals surface area contributed by atoms with Crippen LogP contribution >= 0.6 is 27.7 Å². The summed E-state index contributed by atoms with van der Waals surface area (Å²) in [5.41, 5.74) is 0.193. The van der Waals surface area contributed by atoms with Gasteiger partial charge >= 0.3 is 5.97 Å². The van der Waals surface area contributed by atoms with Crippen LogP contribution in [0, 0.1) is 5.82 Å². The lowest BCUT2D eigenvalue weighted by Gasteiger charge is -2.06. The Bertz CT molecular complexity index is 601. The Morgan fingerprint density at radius 1 is 1.22 bits per heavy atom. The van der Waals surface area contributed by atoms with Crippen molar-refractivity contribution < 1.29 is 14.3 Å². The molecule has 0 saturated carbocycles. The van der Waals surface area contributed by atoms with Crippen molar-refractivity contribution in [3.05, 3.63) is 58.3 Å². The fourth-order valence-electron chi connectivity index (χ4n) is 1.42. The van der Waals surface area contributed by atoms with Gasteiger partial charge in [-0.3, -0.25) is 0 Å². The predicted octanol–water partition coefficient (Wildman–Crippen LogP) is 4.44. The minimum atomic E-state index is -1.00. The number of rotatable bonds is 3. The third kappa shape index (κ3) is 3.11. The molecule has 2 nitrogen and oxygen atoms in total. The van der Waals surface area contributed by atoms with Crippen LogP contribution in [0.1, 0.15) is 10.4 Å². The number of carbonyl (C=O) groups is 1. The molecule has 0 radical (unpaired) electrons. The Morgan fingerprint density at radius 3 is 2.67 bits per heavy atom. The van der Waals surface area contributed by atoms with Gasteiger partial charge in [-0.1, -0.05) is 33.8 Å². The van der Waals surface area contributed by atoms with Crippen LogP contribution in [-0.4, -0.2) is 11.1 Å². The van der Waals surface area contributed by atoms with E-state index in [-0.39, 0.29) is 11.4 Å². The normalized spacial score (nSPS) is 10.3. The minimum Gasteiger partial charge on any atom is -0.478 e. The first kappa shape index (κ1) is 13.1. The van der Waals surface area contributed by atoms with Crippen LogP contribution in [0.3, 0.4) is 0 Å². The summed E-state index contributed by atoms with van der Waals surface area (Å²) < 4.78 is 13.8. The van der Waals surface area contributed by atoms with Gasteiger partial charge in [0.1, 0.15) is 5.82 Å². The fourth-order valence-corrected chi connectivity index (χ4v) is 2.74. The van der Waals surface area contributed by atoms with Crippen molar-refractivity contribution in [3.8, 4) is 0 Å². The lowest BCUT2D eigenvalue weighted by molar-refractivity contribution is 0.0693. The molecule has 2 rings (SSSR count). The van der Waals surface area contributed by atoms with E-state index >= 15 is 0 Å². The molecular formula is C13H8BrFO2S. The quantitative estimate of drug-likeness (QED) is 0.906. The van der Waals surface area contributed by atoms with Crippen LogP contribution in [0.2, 0.25) is 0 Å². The average Bonchev–Trinajstić information content (AvgIpc) is 2.31. The number of benzene rings is 2. The molecule has 0 aliphatic carbocycles. The van der Waals surface area contributed by atoms with Crippen molar-refractivity contribution in [2.75, 3.05) is 0 Å². The summed E-state index contributed by atoms with van der Waals surface area (Å²) >= 11 is 4.45. The standard InChI is InChI=1S/C13H8BrFO2S/c14-8-4-5-12(11(6-8)13(16)17)18-10-3-1-2-9(15)7-10/h1-7H,(H,16,17). The topological polar surface area (TPSA) is 37.3 Å². The van der Waals surface area contributed by atoms with Crippen LogP contribution in [-0.2, 0) is 0 Å². The smallest absolute Gasteiger partial charge is 0.336 e. The first-order valence-corrected chi connectivity index (χ1v) is 6.63. The Labute approximate surface area is 116 Å². The summed E-state index contributed by atoms with van der Waals surface area (Å²) in [5.74, 6) is -1.34. The highest BCUT2D eigenvalue weighted by Gasteiger charge is 2.12. The zero-order valence-electron chi connectivity index (χ0n) is 9.06. The van der Waals surface area contributed by atoms with Gasteiger partial charge in [-0.05, 0) is 36.4 Å². The van der Waals surface area contributed by atoms with Gasteiger partial charge in [0.2, 0.25) is 0 Å². The molecule has 1 N–H and O–H groups in total. The first-order chi connectivity index (χ1) is 8.56. The molecule has 0 heterocycles. The van der Waals surface area contributed by atoms with Gasteiger partial charge in [-0.25, -0.2) is 9.18 Å². The molecule has 0 bridgehead atoms. The van der Waals surface area contributed by atoms with Gasteiger partial charge in [0, 0.05) is 14.3 Å². The maximum Gasteiger partial charge on any atom is 0.336 e. The Kier molecular flexibility index (Phi) is 4.04. The van der Waals surface area contributed by atoms with Crippen molar-refractivity contribution in [1.29, 1.82) is 0 Å². The Hall–Kier alpha value is -1.33. The lowest BCUT2D eigenvalue weighted by Crippen LogP contribution is -1.98. The van der Waals surface area contributed by atoms with Crippen LogP contribution in [0.15, 0.2) is 56.7 Å². The van der Waals surface area contributed by atoms with E-state index in [4.69, 9.17) is 5.11 Å². The van der Waals surface area contributed by atoms with Crippen LogP contribution < -0.4 is 0 Å². The summed E-state index contributed by atoms with van der Waals surface area (Å²) in [5, 5.41) is 9.11. The molecule has 0 saturated heterocycles. The van der Waals surface area contributed by atoms with Gasteiger partial charge < -0.3 is 5.11 Å². The Morgan fingerprint density at radius 2 is 2.00 bits per heavy atom. The fraction of sp³-hybridized carbons (Fsp3) is 0. The van der Waals surface area contributed by atoms with Crippen molar-refractivity contribution in [1.82, 2.24) is 0 Å². The van der Waals surface area contributed by atoms with E-state index in [9.17, 15) is 9.18 Å². The van der Waals surface area contributed by atoms with E-state index in [2.05, 4.69) is 15.9 Å². The molecule has 0 fully saturated rings. The second-order valence-corrected chi connectivity index (χ2v) is 5.54. The molecular weight excluding hydrogens is 319 g/mol. The third-order valence-corrected chi connectivity index (χ3v) is 3.75. The lowest BCUT2D eigenvalue weighted by atomic mass is 10.2. The number of hydrogen-bond donors (Lipinski definition) is 1. The van der Waals surface area contributed by atoms with Gasteiger partial charge in [0.15, 0.2) is 0 Å². The number of carboxylic acid groups (broad SMARTS) is 1.